The predicted octanol–water partition coefficient (Wildman–Crippen LogP) is 2.51. The van der Waals surface area contributed by atoms with Crippen LogP contribution in [0.3, 0.4) is 0 Å². The van der Waals surface area contributed by atoms with Crippen molar-refractivity contribution in [3.63, 3.8) is 0 Å². The summed E-state index contributed by atoms with van der Waals surface area (Å²) in [4.78, 5) is 17.5. The lowest BCUT2D eigenvalue weighted by Crippen LogP contribution is -2.70. The van der Waals surface area contributed by atoms with Crippen LogP contribution in [0.5, 0.6) is 0 Å². The lowest BCUT2D eigenvalue weighted by atomic mass is 9.71. The molecule has 2 bridgehead atoms. The molecule has 3 saturated heterocycles. The fourth-order valence-corrected chi connectivity index (χ4v) is 4.43. The minimum atomic E-state index is 0.308. The lowest BCUT2D eigenvalue weighted by Gasteiger charge is -2.57. The number of hydrogen-bond donors (Lipinski definition) is 0. The van der Waals surface area contributed by atoms with Gasteiger partial charge in [0.15, 0.2) is 0 Å². The Labute approximate surface area is 117 Å². The largest absolute Gasteiger partial charge is 0.334 e. The van der Waals surface area contributed by atoms with Crippen molar-refractivity contribution in [1.82, 2.24) is 9.80 Å². The predicted molar refractivity (Wildman–Crippen MR) is 76.9 cm³/mol. The Morgan fingerprint density at radius 3 is 2.53 bits per heavy atom. The van der Waals surface area contributed by atoms with Crippen LogP contribution in [0.4, 0.5) is 0 Å². The van der Waals surface area contributed by atoms with E-state index in [0.717, 1.165) is 32.5 Å². The summed E-state index contributed by atoms with van der Waals surface area (Å²) in [7, 11) is 0. The van der Waals surface area contributed by atoms with Crippen molar-refractivity contribution >= 4 is 5.91 Å². The summed E-state index contributed by atoms with van der Waals surface area (Å²) in [5, 5.41) is 0. The minimum Gasteiger partial charge on any atom is -0.334 e. The van der Waals surface area contributed by atoms with Crippen LogP contribution in [-0.2, 0) is 4.79 Å². The van der Waals surface area contributed by atoms with Gasteiger partial charge in [-0.15, -0.1) is 0 Å². The van der Waals surface area contributed by atoms with E-state index in [2.05, 4.69) is 30.6 Å². The SMILES string of the molecule is CCN1CC2CC(C1)N2C(=O)C1CCCC(C)(C)C1. The molecule has 4 aliphatic rings. The molecule has 0 radical (unpaired) electrons. The van der Waals surface area contributed by atoms with Gasteiger partial charge in [-0.2, -0.15) is 0 Å². The van der Waals surface area contributed by atoms with E-state index in [0.29, 0.717) is 29.3 Å². The lowest BCUT2D eigenvalue weighted by molar-refractivity contribution is -0.160. The Morgan fingerprint density at radius 2 is 1.95 bits per heavy atom. The Kier molecular flexibility index (Phi) is 3.36. The third kappa shape index (κ3) is 2.42. The molecule has 3 aliphatic heterocycles. The van der Waals surface area contributed by atoms with Crippen molar-refractivity contribution in [2.24, 2.45) is 11.3 Å². The van der Waals surface area contributed by atoms with E-state index >= 15 is 0 Å². The van der Waals surface area contributed by atoms with Crippen LogP contribution in [0.15, 0.2) is 0 Å². The molecule has 4 fully saturated rings. The Morgan fingerprint density at radius 1 is 1.26 bits per heavy atom. The third-order valence-corrected chi connectivity index (χ3v) is 5.52. The minimum absolute atomic E-state index is 0.308. The zero-order valence-electron chi connectivity index (χ0n) is 12.7. The van der Waals surface area contributed by atoms with Gasteiger partial charge in [0.25, 0.3) is 0 Å². The van der Waals surface area contributed by atoms with Crippen molar-refractivity contribution < 1.29 is 4.79 Å². The molecule has 3 heterocycles. The first-order valence-corrected chi connectivity index (χ1v) is 8.05. The third-order valence-electron chi connectivity index (χ3n) is 5.52. The molecule has 4 rings (SSSR count). The summed E-state index contributed by atoms with van der Waals surface area (Å²) in [5.74, 6) is 0.784. The van der Waals surface area contributed by atoms with Crippen molar-refractivity contribution in [1.29, 1.82) is 0 Å². The summed E-state index contributed by atoms with van der Waals surface area (Å²) < 4.78 is 0. The monoisotopic (exact) mass is 264 g/mol. The molecule has 3 atom stereocenters. The first-order valence-electron chi connectivity index (χ1n) is 8.05. The molecule has 3 heteroatoms. The molecule has 3 unspecified atom stereocenters. The van der Waals surface area contributed by atoms with Gasteiger partial charge >= 0.3 is 0 Å². The maximum Gasteiger partial charge on any atom is 0.226 e. The molecule has 108 valence electrons. The maximum absolute atomic E-state index is 12.8. The summed E-state index contributed by atoms with van der Waals surface area (Å²) in [5.41, 5.74) is 0.369. The number of carbonyl (C=O) groups excluding carboxylic acids is 1. The summed E-state index contributed by atoms with van der Waals surface area (Å²) in [6.07, 6.45) is 5.98. The van der Waals surface area contributed by atoms with Crippen LogP contribution in [-0.4, -0.2) is 47.4 Å². The molecule has 0 spiro atoms. The number of carbonyl (C=O) groups is 1. The number of piperazine rings is 1. The molecule has 3 nitrogen and oxygen atoms in total. The Balaban J connectivity index is 1.63. The second-order valence-electron chi connectivity index (χ2n) is 7.60. The van der Waals surface area contributed by atoms with Crippen molar-refractivity contribution in [3.05, 3.63) is 0 Å². The zero-order chi connectivity index (χ0) is 13.6. The zero-order valence-corrected chi connectivity index (χ0v) is 12.7. The van der Waals surface area contributed by atoms with E-state index in [4.69, 9.17) is 0 Å². The van der Waals surface area contributed by atoms with E-state index in [-0.39, 0.29) is 0 Å². The number of nitrogens with zero attached hydrogens (tertiary/aromatic N) is 2. The topological polar surface area (TPSA) is 23.6 Å². The first-order chi connectivity index (χ1) is 9.00. The highest BCUT2D eigenvalue weighted by molar-refractivity contribution is 5.80. The molecule has 1 amide bonds. The van der Waals surface area contributed by atoms with Crippen LogP contribution in [0.2, 0.25) is 0 Å². The van der Waals surface area contributed by atoms with Gasteiger partial charge in [-0.05, 0) is 37.6 Å². The fraction of sp³-hybridized carbons (Fsp3) is 0.938. The number of piperidine rings is 1. The first kappa shape index (κ1) is 13.4. The molecule has 1 aliphatic carbocycles. The van der Waals surface area contributed by atoms with Gasteiger partial charge in [0.05, 0.1) is 0 Å². The second kappa shape index (κ2) is 4.76. The summed E-state index contributed by atoms with van der Waals surface area (Å²) in [6, 6.07) is 1.05. The standard InChI is InChI=1S/C16H28N2O/c1-4-17-10-13-8-14(11-17)18(13)15(19)12-6-5-7-16(2,3)9-12/h12-14H,4-11H2,1-3H3. The van der Waals surface area contributed by atoms with Gasteiger partial charge < -0.3 is 4.90 Å². The molecule has 0 aromatic heterocycles. The quantitative estimate of drug-likeness (QED) is 0.765. The molecule has 0 N–H and O–H groups in total. The second-order valence-corrected chi connectivity index (χ2v) is 7.60. The van der Waals surface area contributed by atoms with E-state index in [1.807, 2.05) is 0 Å². The van der Waals surface area contributed by atoms with Crippen molar-refractivity contribution in [3.8, 4) is 0 Å². The van der Waals surface area contributed by atoms with Crippen LogP contribution in [0.1, 0.15) is 52.9 Å². The van der Waals surface area contributed by atoms with Gasteiger partial charge in [-0.1, -0.05) is 27.2 Å². The average molecular weight is 264 g/mol. The van der Waals surface area contributed by atoms with Gasteiger partial charge in [0.2, 0.25) is 5.91 Å². The molecule has 1 saturated carbocycles. The van der Waals surface area contributed by atoms with Crippen LogP contribution < -0.4 is 0 Å². The maximum atomic E-state index is 12.8. The van der Waals surface area contributed by atoms with Gasteiger partial charge in [-0.3, -0.25) is 9.69 Å². The van der Waals surface area contributed by atoms with E-state index < -0.39 is 0 Å². The van der Waals surface area contributed by atoms with Crippen molar-refractivity contribution in [2.75, 3.05) is 19.6 Å². The molecule has 19 heavy (non-hydrogen) atoms. The average Bonchev–Trinajstić information content (AvgIpc) is 2.37. The van der Waals surface area contributed by atoms with Gasteiger partial charge in [0.1, 0.15) is 0 Å². The van der Waals surface area contributed by atoms with Gasteiger partial charge in [0, 0.05) is 31.1 Å². The molecule has 0 aromatic rings. The highest BCUT2D eigenvalue weighted by Crippen LogP contribution is 2.42. The number of rotatable bonds is 2. The van der Waals surface area contributed by atoms with E-state index in [1.54, 1.807) is 0 Å². The Hall–Kier alpha value is -0.570. The van der Waals surface area contributed by atoms with Gasteiger partial charge in [-0.25, -0.2) is 0 Å². The highest BCUT2D eigenvalue weighted by atomic mass is 16.2. The smallest absolute Gasteiger partial charge is 0.226 e. The molecular weight excluding hydrogens is 236 g/mol. The fourth-order valence-electron chi connectivity index (χ4n) is 4.43. The van der Waals surface area contributed by atoms with E-state index in [1.165, 1.54) is 19.3 Å². The van der Waals surface area contributed by atoms with Crippen LogP contribution in [0.25, 0.3) is 0 Å². The van der Waals surface area contributed by atoms with Crippen LogP contribution in [0, 0.1) is 11.3 Å². The normalized spacial score (nSPS) is 37.8. The number of hydrogen-bond acceptors (Lipinski definition) is 2. The number of amides is 1. The summed E-state index contributed by atoms with van der Waals surface area (Å²) in [6.45, 7) is 10.2. The summed E-state index contributed by atoms with van der Waals surface area (Å²) >= 11 is 0. The highest BCUT2D eigenvalue weighted by Gasteiger charge is 2.48. The van der Waals surface area contributed by atoms with Crippen LogP contribution >= 0.6 is 0 Å². The molecular formula is C16H28N2O. The number of likely N-dealkylation sites (N-methyl/N-ethyl adjacent to an activating group) is 1. The van der Waals surface area contributed by atoms with E-state index in [9.17, 15) is 4.79 Å². The molecule has 0 aromatic carbocycles. The number of fused-ring (bicyclic) bond motifs is 2. The van der Waals surface area contributed by atoms with Crippen molar-refractivity contribution in [2.45, 2.75) is 65.0 Å². The Bertz CT molecular complexity index is 354.